The van der Waals surface area contributed by atoms with Crippen LogP contribution in [0.15, 0.2) is 24.3 Å². The lowest BCUT2D eigenvalue weighted by Gasteiger charge is -2.34. The quantitative estimate of drug-likeness (QED) is 0.809. The third kappa shape index (κ3) is 4.96. The van der Waals surface area contributed by atoms with E-state index in [0.29, 0.717) is 17.9 Å². The maximum atomic E-state index is 10.4. The Morgan fingerprint density at radius 1 is 1.29 bits per heavy atom. The molecule has 1 amide bonds. The predicted octanol–water partition coefficient (Wildman–Crippen LogP) is 3.88. The molecular weight excluding hydrogens is 264 g/mol. The fourth-order valence-electron chi connectivity index (χ4n) is 2.95. The van der Waals surface area contributed by atoms with Gasteiger partial charge >= 0.3 is 6.09 Å². The van der Waals surface area contributed by atoms with Crippen LogP contribution in [-0.2, 0) is 4.74 Å². The Labute approximate surface area is 127 Å². The molecule has 0 atom stereocenters. The minimum atomic E-state index is -0.729. The molecule has 0 spiro atoms. The number of anilines is 1. The molecule has 0 aliphatic heterocycles. The zero-order valence-electron chi connectivity index (χ0n) is 13.0. The van der Waals surface area contributed by atoms with Gasteiger partial charge in [-0.05, 0) is 54.7 Å². The number of rotatable bonds is 5. The minimum absolute atomic E-state index is 0.287. The van der Waals surface area contributed by atoms with Crippen LogP contribution >= 0.6 is 0 Å². The van der Waals surface area contributed by atoms with E-state index in [4.69, 9.17) is 5.73 Å². The van der Waals surface area contributed by atoms with E-state index in [9.17, 15) is 4.79 Å². The Morgan fingerprint density at radius 3 is 2.48 bits per heavy atom. The van der Waals surface area contributed by atoms with Crippen molar-refractivity contribution < 1.29 is 9.53 Å². The van der Waals surface area contributed by atoms with E-state index in [1.807, 2.05) is 0 Å². The largest absolute Gasteiger partial charge is 0.448 e. The number of hydrogen-bond acceptors (Lipinski definition) is 3. The topological polar surface area (TPSA) is 64.3 Å². The molecule has 0 heterocycles. The highest BCUT2D eigenvalue weighted by Gasteiger charge is 2.27. The number of carbonyl (C=O) groups excluding carboxylic acids is 1. The zero-order valence-corrected chi connectivity index (χ0v) is 13.0. The maximum absolute atomic E-state index is 10.4. The summed E-state index contributed by atoms with van der Waals surface area (Å²) in [5, 5.41) is 3.21. The monoisotopic (exact) mass is 290 g/mol. The molecule has 4 nitrogen and oxygen atoms in total. The molecule has 0 radical (unpaired) electrons. The van der Waals surface area contributed by atoms with E-state index in [1.54, 1.807) is 0 Å². The summed E-state index contributed by atoms with van der Waals surface area (Å²) >= 11 is 0. The normalized spacial score (nSPS) is 18.2. The first kappa shape index (κ1) is 15.7. The fraction of sp³-hybridized carbons (Fsp3) is 0.588. The molecule has 1 saturated carbocycles. The number of hydrogen-bond donors (Lipinski definition) is 2. The molecule has 2 rings (SSSR count). The third-order valence-electron chi connectivity index (χ3n) is 4.40. The van der Waals surface area contributed by atoms with E-state index >= 15 is 0 Å². The van der Waals surface area contributed by atoms with Gasteiger partial charge in [0.1, 0.15) is 6.61 Å². The van der Waals surface area contributed by atoms with Crippen LogP contribution in [0.1, 0.15) is 51.0 Å². The SMILES string of the molecule is CC1(C)CCC(c2ccc(NCCOC(N)=O)cc2)CC1. The fourth-order valence-corrected chi connectivity index (χ4v) is 2.95. The molecule has 0 bridgehead atoms. The number of nitrogens with one attached hydrogen (secondary N) is 1. The summed E-state index contributed by atoms with van der Waals surface area (Å²) < 4.78 is 4.68. The van der Waals surface area contributed by atoms with Gasteiger partial charge in [-0.15, -0.1) is 0 Å². The summed E-state index contributed by atoms with van der Waals surface area (Å²) in [4.78, 5) is 10.4. The average molecular weight is 290 g/mol. The van der Waals surface area contributed by atoms with Crippen molar-refractivity contribution in [3.05, 3.63) is 29.8 Å². The Kier molecular flexibility index (Phi) is 5.10. The summed E-state index contributed by atoms with van der Waals surface area (Å²) in [5.74, 6) is 0.699. The van der Waals surface area contributed by atoms with Crippen molar-refractivity contribution in [2.24, 2.45) is 11.1 Å². The smallest absolute Gasteiger partial charge is 0.404 e. The van der Waals surface area contributed by atoms with Crippen molar-refractivity contribution in [3.8, 4) is 0 Å². The van der Waals surface area contributed by atoms with Gasteiger partial charge in [0.25, 0.3) is 0 Å². The van der Waals surface area contributed by atoms with Crippen LogP contribution in [0.4, 0.5) is 10.5 Å². The van der Waals surface area contributed by atoms with Gasteiger partial charge in [-0.1, -0.05) is 26.0 Å². The molecule has 1 aromatic carbocycles. The van der Waals surface area contributed by atoms with Crippen LogP contribution < -0.4 is 11.1 Å². The molecule has 0 aromatic heterocycles. The van der Waals surface area contributed by atoms with Crippen molar-refractivity contribution in [2.45, 2.75) is 45.4 Å². The number of nitrogens with two attached hydrogens (primary N) is 1. The Morgan fingerprint density at radius 2 is 1.90 bits per heavy atom. The second-order valence-electron chi connectivity index (χ2n) is 6.65. The highest BCUT2D eigenvalue weighted by atomic mass is 16.5. The van der Waals surface area contributed by atoms with Gasteiger partial charge in [0, 0.05) is 12.2 Å². The van der Waals surface area contributed by atoms with Crippen molar-refractivity contribution >= 4 is 11.8 Å². The molecule has 1 fully saturated rings. The third-order valence-corrected chi connectivity index (χ3v) is 4.40. The molecule has 3 N–H and O–H groups in total. The summed E-state index contributed by atoms with van der Waals surface area (Å²) in [6.07, 6.45) is 4.45. The van der Waals surface area contributed by atoms with Crippen LogP contribution in [0.3, 0.4) is 0 Å². The Hall–Kier alpha value is -1.71. The van der Waals surface area contributed by atoms with Gasteiger partial charge in [-0.2, -0.15) is 0 Å². The molecule has 1 aliphatic carbocycles. The van der Waals surface area contributed by atoms with Gasteiger partial charge in [-0.25, -0.2) is 4.79 Å². The van der Waals surface area contributed by atoms with E-state index in [1.165, 1.54) is 31.2 Å². The van der Waals surface area contributed by atoms with Crippen molar-refractivity contribution in [3.63, 3.8) is 0 Å². The van der Waals surface area contributed by atoms with E-state index in [0.717, 1.165) is 5.69 Å². The minimum Gasteiger partial charge on any atom is -0.448 e. The first-order valence-electron chi connectivity index (χ1n) is 7.72. The number of primary amides is 1. The summed E-state index contributed by atoms with van der Waals surface area (Å²) in [6, 6.07) is 8.61. The number of carbonyl (C=O) groups is 1. The Bertz CT molecular complexity index is 458. The summed E-state index contributed by atoms with van der Waals surface area (Å²) in [6.45, 7) is 5.59. The molecule has 0 unspecified atom stereocenters. The van der Waals surface area contributed by atoms with Crippen LogP contribution in [0, 0.1) is 5.41 Å². The Balaban J connectivity index is 1.80. The molecule has 1 aliphatic rings. The van der Waals surface area contributed by atoms with Crippen molar-refractivity contribution in [2.75, 3.05) is 18.5 Å². The molecular formula is C17H26N2O2. The number of benzene rings is 1. The van der Waals surface area contributed by atoms with E-state index < -0.39 is 6.09 Å². The second kappa shape index (κ2) is 6.83. The average Bonchev–Trinajstić information content (AvgIpc) is 2.44. The van der Waals surface area contributed by atoms with Gasteiger partial charge in [0.15, 0.2) is 0 Å². The van der Waals surface area contributed by atoms with Crippen LogP contribution in [0.5, 0.6) is 0 Å². The van der Waals surface area contributed by atoms with Crippen molar-refractivity contribution in [1.82, 2.24) is 0 Å². The summed E-state index contributed by atoms with van der Waals surface area (Å²) in [5.41, 5.74) is 7.90. The van der Waals surface area contributed by atoms with Crippen LogP contribution in [0.2, 0.25) is 0 Å². The summed E-state index contributed by atoms with van der Waals surface area (Å²) in [7, 11) is 0. The zero-order chi connectivity index (χ0) is 15.3. The molecule has 4 heteroatoms. The van der Waals surface area contributed by atoms with Gasteiger partial charge in [-0.3, -0.25) is 0 Å². The standard InChI is InChI=1S/C17H26N2O2/c1-17(2)9-7-14(8-10-17)13-3-5-15(6-4-13)19-11-12-21-16(18)20/h3-6,14,19H,7-12H2,1-2H3,(H2,18,20). The second-order valence-corrected chi connectivity index (χ2v) is 6.65. The molecule has 116 valence electrons. The number of amides is 1. The molecule has 21 heavy (non-hydrogen) atoms. The lowest BCUT2D eigenvalue weighted by atomic mass is 9.71. The highest BCUT2D eigenvalue weighted by molar-refractivity contribution is 5.64. The molecule has 0 saturated heterocycles. The lowest BCUT2D eigenvalue weighted by Crippen LogP contribution is -2.20. The number of ether oxygens (including phenoxy) is 1. The predicted molar refractivity (Wildman–Crippen MR) is 85.5 cm³/mol. The van der Waals surface area contributed by atoms with E-state index in [2.05, 4.69) is 48.2 Å². The lowest BCUT2D eigenvalue weighted by molar-refractivity contribution is 0.161. The van der Waals surface area contributed by atoms with Gasteiger partial charge in [0.05, 0.1) is 0 Å². The van der Waals surface area contributed by atoms with Crippen LogP contribution in [0.25, 0.3) is 0 Å². The first-order valence-corrected chi connectivity index (χ1v) is 7.72. The van der Waals surface area contributed by atoms with Crippen molar-refractivity contribution in [1.29, 1.82) is 0 Å². The van der Waals surface area contributed by atoms with Crippen LogP contribution in [-0.4, -0.2) is 19.2 Å². The van der Waals surface area contributed by atoms with Gasteiger partial charge < -0.3 is 15.8 Å². The van der Waals surface area contributed by atoms with Gasteiger partial charge in [0.2, 0.25) is 0 Å². The first-order chi connectivity index (χ1) is 9.96. The highest BCUT2D eigenvalue weighted by Crippen LogP contribution is 2.42. The van der Waals surface area contributed by atoms with E-state index in [-0.39, 0.29) is 6.61 Å². The maximum Gasteiger partial charge on any atom is 0.404 e. The molecule has 1 aromatic rings.